The molecule has 34 heavy (non-hydrogen) atoms. The molecule has 0 spiro atoms. The molecule has 9 nitrogen and oxygen atoms in total. The molecular weight excluding hydrogens is 456 g/mol. The molecule has 0 saturated carbocycles. The number of sulfonamides is 1. The quantitative estimate of drug-likeness (QED) is 0.617. The Bertz CT molecular complexity index is 1140. The molecule has 5 rings (SSSR count). The number of carbonyl (C=O) groups excluding carboxylic acids is 1. The zero-order valence-corrected chi connectivity index (χ0v) is 20.6. The maximum absolute atomic E-state index is 13.1. The molecule has 1 atom stereocenters. The summed E-state index contributed by atoms with van der Waals surface area (Å²) >= 11 is 0. The summed E-state index contributed by atoms with van der Waals surface area (Å²) < 4.78 is 41.0. The Morgan fingerprint density at radius 3 is 2.62 bits per heavy atom. The third kappa shape index (κ3) is 4.73. The van der Waals surface area contributed by atoms with Gasteiger partial charge in [0.15, 0.2) is 6.29 Å². The molecule has 1 aromatic heterocycles. The molecule has 3 aliphatic heterocycles. The second-order valence-electron chi connectivity index (χ2n) is 9.55. The van der Waals surface area contributed by atoms with Gasteiger partial charge in [-0.2, -0.15) is 4.31 Å². The molecule has 3 aliphatic rings. The molecule has 1 unspecified atom stereocenters. The third-order valence-electron chi connectivity index (χ3n) is 7.30. The lowest BCUT2D eigenvalue weighted by molar-refractivity contribution is -0.139. The number of hydrogen-bond acceptors (Lipinski definition) is 6. The van der Waals surface area contributed by atoms with Gasteiger partial charge in [0.25, 0.3) is 0 Å². The van der Waals surface area contributed by atoms with Crippen LogP contribution in [0.1, 0.15) is 44.3 Å². The van der Waals surface area contributed by atoms with Crippen molar-refractivity contribution in [2.45, 2.75) is 56.1 Å². The van der Waals surface area contributed by atoms with E-state index in [1.807, 2.05) is 22.6 Å². The molecule has 0 N–H and O–H groups in total. The molecule has 1 amide bonds. The summed E-state index contributed by atoms with van der Waals surface area (Å²) in [6.07, 6.45) is 5.55. The highest BCUT2D eigenvalue weighted by molar-refractivity contribution is 7.89. The summed E-state index contributed by atoms with van der Waals surface area (Å²) in [4.78, 5) is 19.8. The Morgan fingerprint density at radius 1 is 1.09 bits per heavy atom. The molecule has 1 aromatic carbocycles. The van der Waals surface area contributed by atoms with Crippen molar-refractivity contribution in [2.24, 2.45) is 13.0 Å². The second kappa shape index (κ2) is 9.93. The van der Waals surface area contributed by atoms with Gasteiger partial charge in [-0.15, -0.1) is 0 Å². The first-order valence-corrected chi connectivity index (χ1v) is 13.8. The van der Waals surface area contributed by atoms with Crippen molar-refractivity contribution in [3.05, 3.63) is 24.0 Å². The van der Waals surface area contributed by atoms with Gasteiger partial charge in [0, 0.05) is 52.0 Å². The fourth-order valence-corrected chi connectivity index (χ4v) is 6.89. The number of piperidine rings is 2. The highest BCUT2D eigenvalue weighted by Gasteiger charge is 2.33. The topological polar surface area (TPSA) is 94.0 Å². The molecule has 3 saturated heterocycles. The number of benzene rings is 1. The van der Waals surface area contributed by atoms with E-state index in [2.05, 4.69) is 0 Å². The minimum absolute atomic E-state index is 0.114. The number of nitrogens with zero attached hydrogens (tertiary/aromatic N) is 4. The molecular formula is C24H34N4O5S. The van der Waals surface area contributed by atoms with Crippen LogP contribution in [-0.2, 0) is 37.8 Å². The lowest BCUT2D eigenvalue weighted by Gasteiger charge is -2.34. The highest BCUT2D eigenvalue weighted by atomic mass is 32.2. The Morgan fingerprint density at radius 2 is 1.85 bits per heavy atom. The predicted octanol–water partition coefficient (Wildman–Crippen LogP) is 2.29. The van der Waals surface area contributed by atoms with E-state index in [-0.39, 0.29) is 18.1 Å². The fraction of sp³-hybridized carbons (Fsp3) is 0.667. The Kier molecular flexibility index (Phi) is 6.92. The van der Waals surface area contributed by atoms with Crippen LogP contribution in [0.3, 0.4) is 0 Å². The molecule has 10 heteroatoms. The first kappa shape index (κ1) is 23.7. The lowest BCUT2D eigenvalue weighted by Crippen LogP contribution is -2.43. The van der Waals surface area contributed by atoms with Crippen LogP contribution in [0.2, 0.25) is 0 Å². The van der Waals surface area contributed by atoms with Gasteiger partial charge in [0.1, 0.15) is 5.82 Å². The molecule has 186 valence electrons. The number of fused-ring (bicyclic) bond motifs is 1. The molecule has 3 fully saturated rings. The highest BCUT2D eigenvalue weighted by Crippen LogP contribution is 2.27. The zero-order chi connectivity index (χ0) is 23.7. The monoisotopic (exact) mass is 490 g/mol. The van der Waals surface area contributed by atoms with Crippen LogP contribution in [0.5, 0.6) is 0 Å². The van der Waals surface area contributed by atoms with E-state index in [0.717, 1.165) is 50.0 Å². The summed E-state index contributed by atoms with van der Waals surface area (Å²) in [5.74, 6) is 1.13. The average molecular weight is 491 g/mol. The van der Waals surface area contributed by atoms with E-state index < -0.39 is 10.0 Å². The van der Waals surface area contributed by atoms with Gasteiger partial charge in [-0.05, 0) is 43.9 Å². The van der Waals surface area contributed by atoms with Gasteiger partial charge in [-0.25, -0.2) is 13.4 Å². The maximum Gasteiger partial charge on any atom is 0.243 e. The van der Waals surface area contributed by atoms with E-state index in [9.17, 15) is 13.2 Å². The van der Waals surface area contributed by atoms with Crippen molar-refractivity contribution in [3.8, 4) is 0 Å². The van der Waals surface area contributed by atoms with Gasteiger partial charge >= 0.3 is 0 Å². The predicted molar refractivity (Wildman–Crippen MR) is 127 cm³/mol. The van der Waals surface area contributed by atoms with Crippen LogP contribution < -0.4 is 0 Å². The Hall–Kier alpha value is -2.01. The summed E-state index contributed by atoms with van der Waals surface area (Å²) in [6.45, 7) is 3.84. The third-order valence-corrected chi connectivity index (χ3v) is 9.20. The fourth-order valence-electron chi connectivity index (χ4n) is 5.35. The van der Waals surface area contributed by atoms with Gasteiger partial charge in [0.2, 0.25) is 15.9 Å². The first-order chi connectivity index (χ1) is 16.4. The van der Waals surface area contributed by atoms with Crippen LogP contribution in [0.15, 0.2) is 23.1 Å². The van der Waals surface area contributed by atoms with Crippen molar-refractivity contribution >= 4 is 27.0 Å². The van der Waals surface area contributed by atoms with E-state index in [4.69, 9.17) is 14.5 Å². The molecule has 2 aromatic rings. The van der Waals surface area contributed by atoms with Crippen molar-refractivity contribution in [3.63, 3.8) is 0 Å². The van der Waals surface area contributed by atoms with Crippen LogP contribution in [-0.4, -0.2) is 78.8 Å². The van der Waals surface area contributed by atoms with Gasteiger partial charge < -0.3 is 18.9 Å². The summed E-state index contributed by atoms with van der Waals surface area (Å²) in [7, 11) is -1.59. The number of imidazole rings is 1. The number of hydrogen-bond donors (Lipinski definition) is 0. The number of rotatable bonds is 6. The van der Waals surface area contributed by atoms with Crippen molar-refractivity contribution < 1.29 is 22.7 Å². The second-order valence-corrected chi connectivity index (χ2v) is 11.5. The molecule has 0 bridgehead atoms. The van der Waals surface area contributed by atoms with Crippen LogP contribution in [0, 0.1) is 5.92 Å². The first-order valence-electron chi connectivity index (χ1n) is 12.4. The van der Waals surface area contributed by atoms with Crippen molar-refractivity contribution in [2.75, 3.05) is 39.4 Å². The number of aryl methyl sites for hydroxylation is 2. The van der Waals surface area contributed by atoms with Gasteiger partial charge in [-0.1, -0.05) is 6.42 Å². The van der Waals surface area contributed by atoms with E-state index >= 15 is 0 Å². The average Bonchev–Trinajstić information content (AvgIpc) is 3.51. The van der Waals surface area contributed by atoms with Crippen LogP contribution >= 0.6 is 0 Å². The van der Waals surface area contributed by atoms with Gasteiger partial charge in [0.05, 0.1) is 29.1 Å². The Balaban J connectivity index is 1.26. The largest absolute Gasteiger partial charge is 0.350 e. The van der Waals surface area contributed by atoms with Crippen molar-refractivity contribution in [1.82, 2.24) is 18.8 Å². The minimum Gasteiger partial charge on any atom is -0.350 e. The maximum atomic E-state index is 13.1. The number of aromatic nitrogens is 2. The summed E-state index contributed by atoms with van der Waals surface area (Å²) in [5, 5.41) is 0. The number of likely N-dealkylation sites (tertiary alicyclic amines) is 1. The summed E-state index contributed by atoms with van der Waals surface area (Å²) in [5.41, 5.74) is 1.52. The molecule has 4 heterocycles. The van der Waals surface area contributed by atoms with Crippen molar-refractivity contribution in [1.29, 1.82) is 0 Å². The van der Waals surface area contributed by atoms with E-state index in [1.54, 1.807) is 16.4 Å². The minimum atomic E-state index is -3.51. The van der Waals surface area contributed by atoms with Crippen LogP contribution in [0.4, 0.5) is 0 Å². The Labute approximate surface area is 201 Å². The number of amides is 1. The van der Waals surface area contributed by atoms with Crippen LogP contribution in [0.25, 0.3) is 11.0 Å². The smallest absolute Gasteiger partial charge is 0.243 e. The summed E-state index contributed by atoms with van der Waals surface area (Å²) in [6, 6.07) is 5.16. The molecule has 0 aliphatic carbocycles. The van der Waals surface area contributed by atoms with E-state index in [1.165, 1.54) is 0 Å². The number of ether oxygens (including phenoxy) is 2. The van der Waals surface area contributed by atoms with E-state index in [0.29, 0.717) is 56.1 Å². The molecule has 0 radical (unpaired) electrons. The zero-order valence-electron chi connectivity index (χ0n) is 19.8. The standard InChI is InChI=1S/C24H34N4O5S/c1-26-21-8-7-19(34(30,31)28-12-3-2-4-13-28)16-20(21)25-22(26)9-10-23(29)27-11-5-6-18(17-27)24-32-14-15-33-24/h7-8,16,18,24H,2-6,9-15,17H2,1H3. The van der Waals surface area contributed by atoms with Gasteiger partial charge in [-0.3, -0.25) is 4.79 Å². The SMILES string of the molecule is Cn1c(CCC(=O)N2CCCC(C3OCCO3)C2)nc2cc(S(=O)(=O)N3CCCCC3)ccc21. The normalized spacial score (nSPS) is 23.1. The number of carbonyl (C=O) groups is 1. The lowest BCUT2D eigenvalue weighted by atomic mass is 9.97.